The Bertz CT molecular complexity index is 640. The summed E-state index contributed by atoms with van der Waals surface area (Å²) in [6.07, 6.45) is 3.48. The number of nitrogens with zero attached hydrogens (tertiary/aromatic N) is 2. The molecule has 2 aromatic rings. The Kier molecular flexibility index (Phi) is 5.34. The van der Waals surface area contributed by atoms with Crippen molar-refractivity contribution >= 4 is 5.91 Å². The number of ether oxygens (including phenoxy) is 1. The van der Waals surface area contributed by atoms with E-state index in [9.17, 15) is 4.79 Å². The molecule has 1 amide bonds. The van der Waals surface area contributed by atoms with Crippen molar-refractivity contribution in [2.45, 2.75) is 13.1 Å². The fourth-order valence-electron chi connectivity index (χ4n) is 2.62. The van der Waals surface area contributed by atoms with E-state index >= 15 is 0 Å². The minimum Gasteiger partial charge on any atom is -0.379 e. The summed E-state index contributed by atoms with van der Waals surface area (Å²) < 4.78 is 5.36. The summed E-state index contributed by atoms with van der Waals surface area (Å²) in [4.78, 5) is 18.7. The predicted octanol–water partition coefficient (Wildman–Crippen LogP) is 1.84. The number of carbonyl (C=O) groups excluding carboxylic acids is 1. The molecule has 0 unspecified atom stereocenters. The van der Waals surface area contributed by atoms with Crippen molar-refractivity contribution in [1.82, 2.24) is 15.2 Å². The lowest BCUT2D eigenvalue weighted by molar-refractivity contribution is 0.0342. The van der Waals surface area contributed by atoms with Gasteiger partial charge < -0.3 is 10.1 Å². The Labute approximate surface area is 136 Å². The van der Waals surface area contributed by atoms with E-state index in [-0.39, 0.29) is 5.91 Å². The van der Waals surface area contributed by atoms with Crippen LogP contribution in [-0.2, 0) is 17.8 Å². The van der Waals surface area contributed by atoms with E-state index in [1.165, 1.54) is 0 Å². The molecule has 1 saturated heterocycles. The van der Waals surface area contributed by atoms with Crippen molar-refractivity contribution in [1.29, 1.82) is 0 Å². The molecule has 23 heavy (non-hydrogen) atoms. The molecule has 1 aromatic carbocycles. The van der Waals surface area contributed by atoms with Gasteiger partial charge in [0.05, 0.1) is 13.2 Å². The topological polar surface area (TPSA) is 54.5 Å². The maximum Gasteiger partial charge on any atom is 0.251 e. The third-order valence-electron chi connectivity index (χ3n) is 3.87. The van der Waals surface area contributed by atoms with E-state index in [2.05, 4.69) is 21.3 Å². The largest absolute Gasteiger partial charge is 0.379 e. The molecule has 1 aromatic heterocycles. The number of carbonyl (C=O) groups is 1. The average molecular weight is 311 g/mol. The molecule has 5 heteroatoms. The van der Waals surface area contributed by atoms with Gasteiger partial charge in [0.1, 0.15) is 0 Å². The fraction of sp³-hybridized carbons (Fsp3) is 0.333. The zero-order chi connectivity index (χ0) is 15.9. The predicted molar refractivity (Wildman–Crippen MR) is 87.9 cm³/mol. The molecular weight excluding hydrogens is 290 g/mol. The van der Waals surface area contributed by atoms with Gasteiger partial charge in [-0.05, 0) is 29.3 Å². The lowest BCUT2D eigenvalue weighted by Crippen LogP contribution is -2.35. The summed E-state index contributed by atoms with van der Waals surface area (Å²) in [6.45, 7) is 4.79. The average Bonchev–Trinajstić information content (AvgIpc) is 2.62. The lowest BCUT2D eigenvalue weighted by atomic mass is 10.1. The Hall–Kier alpha value is -2.24. The van der Waals surface area contributed by atoms with E-state index in [1.54, 1.807) is 12.4 Å². The third kappa shape index (κ3) is 4.61. The number of hydrogen-bond acceptors (Lipinski definition) is 4. The van der Waals surface area contributed by atoms with Gasteiger partial charge >= 0.3 is 0 Å². The number of hydrogen-bond donors (Lipinski definition) is 1. The summed E-state index contributed by atoms with van der Waals surface area (Å²) in [5.41, 5.74) is 2.84. The summed E-state index contributed by atoms with van der Waals surface area (Å²) in [6, 6.07) is 11.6. The Morgan fingerprint density at radius 1 is 1.17 bits per heavy atom. The summed E-state index contributed by atoms with van der Waals surface area (Å²) in [5.74, 6) is -0.0577. The first-order chi connectivity index (χ1) is 11.3. The van der Waals surface area contributed by atoms with Crippen molar-refractivity contribution in [3.05, 3.63) is 65.5 Å². The van der Waals surface area contributed by atoms with Gasteiger partial charge in [-0.2, -0.15) is 0 Å². The van der Waals surface area contributed by atoms with E-state index in [0.29, 0.717) is 12.1 Å². The highest BCUT2D eigenvalue weighted by Crippen LogP contribution is 2.10. The molecular formula is C18H21N3O2. The quantitative estimate of drug-likeness (QED) is 0.915. The molecule has 0 aliphatic carbocycles. The van der Waals surface area contributed by atoms with Crippen molar-refractivity contribution in [2.24, 2.45) is 0 Å². The molecule has 120 valence electrons. The molecule has 0 spiro atoms. The second-order valence-electron chi connectivity index (χ2n) is 5.63. The highest BCUT2D eigenvalue weighted by atomic mass is 16.5. The van der Waals surface area contributed by atoms with Crippen LogP contribution in [0.1, 0.15) is 21.5 Å². The zero-order valence-corrected chi connectivity index (χ0v) is 13.1. The van der Waals surface area contributed by atoms with Gasteiger partial charge in [-0.25, -0.2) is 0 Å². The Balaban J connectivity index is 1.58. The monoisotopic (exact) mass is 311 g/mol. The van der Waals surface area contributed by atoms with Gasteiger partial charge in [0.2, 0.25) is 0 Å². The molecule has 0 saturated carbocycles. The summed E-state index contributed by atoms with van der Waals surface area (Å²) >= 11 is 0. The van der Waals surface area contributed by atoms with Gasteiger partial charge in [0.25, 0.3) is 5.91 Å². The molecule has 1 aliphatic heterocycles. The SMILES string of the molecule is O=C(NCc1cccnc1)c1cccc(CN2CCOCC2)c1. The van der Waals surface area contributed by atoms with E-state index < -0.39 is 0 Å². The minimum absolute atomic E-state index is 0.0577. The van der Waals surface area contributed by atoms with Gasteiger partial charge in [0.15, 0.2) is 0 Å². The number of nitrogens with one attached hydrogen (secondary N) is 1. The van der Waals surface area contributed by atoms with Crippen LogP contribution < -0.4 is 5.32 Å². The van der Waals surface area contributed by atoms with Crippen molar-refractivity contribution in [3.8, 4) is 0 Å². The minimum atomic E-state index is -0.0577. The molecule has 3 rings (SSSR count). The van der Waals surface area contributed by atoms with Crippen LogP contribution in [0.3, 0.4) is 0 Å². The first-order valence-corrected chi connectivity index (χ1v) is 7.87. The number of aromatic nitrogens is 1. The van der Waals surface area contributed by atoms with E-state index in [0.717, 1.165) is 44.0 Å². The lowest BCUT2D eigenvalue weighted by Gasteiger charge is -2.26. The highest BCUT2D eigenvalue weighted by molar-refractivity contribution is 5.94. The van der Waals surface area contributed by atoms with Crippen LogP contribution in [0, 0.1) is 0 Å². The van der Waals surface area contributed by atoms with Crippen molar-refractivity contribution in [2.75, 3.05) is 26.3 Å². The number of pyridine rings is 1. The van der Waals surface area contributed by atoms with E-state index in [4.69, 9.17) is 4.74 Å². The molecule has 2 heterocycles. The molecule has 0 radical (unpaired) electrons. The van der Waals surface area contributed by atoms with Crippen LogP contribution in [0.4, 0.5) is 0 Å². The second kappa shape index (κ2) is 7.85. The fourth-order valence-corrected chi connectivity index (χ4v) is 2.62. The normalized spacial score (nSPS) is 15.3. The van der Waals surface area contributed by atoms with Gasteiger partial charge in [-0.3, -0.25) is 14.7 Å². The van der Waals surface area contributed by atoms with Gasteiger partial charge in [-0.1, -0.05) is 18.2 Å². The third-order valence-corrected chi connectivity index (χ3v) is 3.87. The van der Waals surface area contributed by atoms with Crippen LogP contribution in [0.15, 0.2) is 48.8 Å². The summed E-state index contributed by atoms with van der Waals surface area (Å²) in [5, 5.41) is 2.93. The molecule has 0 atom stereocenters. The second-order valence-corrected chi connectivity index (χ2v) is 5.63. The van der Waals surface area contributed by atoms with Crippen LogP contribution in [0.25, 0.3) is 0 Å². The molecule has 0 bridgehead atoms. The van der Waals surface area contributed by atoms with E-state index in [1.807, 2.05) is 30.3 Å². The van der Waals surface area contributed by atoms with Gasteiger partial charge in [0, 0.05) is 44.1 Å². The zero-order valence-electron chi connectivity index (χ0n) is 13.1. The number of rotatable bonds is 5. The molecule has 1 aliphatic rings. The van der Waals surface area contributed by atoms with Gasteiger partial charge in [-0.15, -0.1) is 0 Å². The van der Waals surface area contributed by atoms with Crippen LogP contribution in [-0.4, -0.2) is 42.1 Å². The van der Waals surface area contributed by atoms with Crippen LogP contribution >= 0.6 is 0 Å². The highest BCUT2D eigenvalue weighted by Gasteiger charge is 2.12. The maximum atomic E-state index is 12.3. The number of amides is 1. The number of morpholine rings is 1. The maximum absolute atomic E-state index is 12.3. The molecule has 5 nitrogen and oxygen atoms in total. The Morgan fingerprint density at radius 2 is 2.00 bits per heavy atom. The number of benzene rings is 1. The van der Waals surface area contributed by atoms with Crippen molar-refractivity contribution < 1.29 is 9.53 Å². The van der Waals surface area contributed by atoms with Crippen LogP contribution in [0.5, 0.6) is 0 Å². The van der Waals surface area contributed by atoms with Crippen molar-refractivity contribution in [3.63, 3.8) is 0 Å². The first kappa shape index (κ1) is 15.6. The smallest absolute Gasteiger partial charge is 0.251 e. The Morgan fingerprint density at radius 3 is 2.78 bits per heavy atom. The van der Waals surface area contributed by atoms with Crippen LogP contribution in [0.2, 0.25) is 0 Å². The molecule has 1 N–H and O–H groups in total. The molecule has 1 fully saturated rings. The standard InChI is InChI=1S/C18H21N3O2/c22-18(20-13-16-4-2-6-19-12-16)17-5-1-3-15(11-17)14-21-7-9-23-10-8-21/h1-6,11-12H,7-10,13-14H2,(H,20,22). The summed E-state index contributed by atoms with van der Waals surface area (Å²) in [7, 11) is 0. The first-order valence-electron chi connectivity index (χ1n) is 7.87.